The summed E-state index contributed by atoms with van der Waals surface area (Å²) in [5.74, 6) is -0.903. The SMILES string of the molecule is CCCCOC(=O)c1ccccc1-c1ccc(Cn2c(OCC)nc(Br)c2C=O)c(F)c1. The standard InChI is InChI=1S/C24H24BrFN2O4/c1-3-5-12-32-23(30)19-9-7-6-8-18(19)16-10-11-17(20(26)13-16)14-28-21(15-29)22(25)27-24(28)31-4-2/h6-11,13,15H,3-5,12,14H2,1-2H3. The fourth-order valence-corrected chi connectivity index (χ4v) is 3.69. The molecule has 3 rings (SSSR count). The zero-order valence-corrected chi connectivity index (χ0v) is 19.5. The highest BCUT2D eigenvalue weighted by molar-refractivity contribution is 9.10. The summed E-state index contributed by atoms with van der Waals surface area (Å²) in [7, 11) is 0. The van der Waals surface area contributed by atoms with E-state index < -0.39 is 11.8 Å². The van der Waals surface area contributed by atoms with Crippen LogP contribution in [0.1, 0.15) is 53.1 Å². The van der Waals surface area contributed by atoms with Gasteiger partial charge < -0.3 is 9.47 Å². The van der Waals surface area contributed by atoms with Crippen molar-refractivity contribution in [1.82, 2.24) is 9.55 Å². The first-order chi connectivity index (χ1) is 15.5. The quantitative estimate of drug-likeness (QED) is 0.203. The van der Waals surface area contributed by atoms with Crippen LogP contribution in [0.3, 0.4) is 0 Å². The molecule has 168 valence electrons. The van der Waals surface area contributed by atoms with Gasteiger partial charge in [-0.25, -0.2) is 9.18 Å². The van der Waals surface area contributed by atoms with E-state index in [2.05, 4.69) is 20.9 Å². The second-order valence-electron chi connectivity index (χ2n) is 7.05. The number of hydrogen-bond donors (Lipinski definition) is 0. The molecule has 3 aromatic rings. The molecule has 0 aliphatic heterocycles. The predicted molar refractivity (Wildman–Crippen MR) is 123 cm³/mol. The highest BCUT2D eigenvalue weighted by atomic mass is 79.9. The number of benzene rings is 2. The molecule has 0 aliphatic rings. The summed E-state index contributed by atoms with van der Waals surface area (Å²) in [6.45, 7) is 4.58. The Morgan fingerprint density at radius 2 is 2.00 bits per heavy atom. The Morgan fingerprint density at radius 3 is 2.69 bits per heavy atom. The first-order valence-corrected chi connectivity index (χ1v) is 11.2. The first-order valence-electron chi connectivity index (χ1n) is 10.4. The molecule has 0 fully saturated rings. The molecular weight excluding hydrogens is 479 g/mol. The second kappa shape index (κ2) is 11.0. The summed E-state index contributed by atoms with van der Waals surface area (Å²) in [5.41, 5.74) is 2.15. The van der Waals surface area contributed by atoms with E-state index in [4.69, 9.17) is 9.47 Å². The number of unbranched alkanes of at least 4 members (excludes halogenated alkanes) is 1. The van der Waals surface area contributed by atoms with Crippen LogP contribution in [0.15, 0.2) is 47.1 Å². The Labute approximate surface area is 194 Å². The van der Waals surface area contributed by atoms with Crippen molar-refractivity contribution in [2.24, 2.45) is 0 Å². The smallest absolute Gasteiger partial charge is 0.338 e. The Morgan fingerprint density at radius 1 is 1.22 bits per heavy atom. The molecule has 0 amide bonds. The van der Waals surface area contributed by atoms with E-state index in [0.29, 0.717) is 46.4 Å². The summed E-state index contributed by atoms with van der Waals surface area (Å²) in [6.07, 6.45) is 2.35. The second-order valence-corrected chi connectivity index (χ2v) is 7.80. The Bertz CT molecular complexity index is 1110. The topological polar surface area (TPSA) is 70.4 Å². The number of imidazole rings is 1. The van der Waals surface area contributed by atoms with Crippen molar-refractivity contribution in [3.8, 4) is 17.1 Å². The molecule has 0 saturated carbocycles. The fraction of sp³-hybridized carbons (Fsp3) is 0.292. The van der Waals surface area contributed by atoms with Gasteiger partial charge in [0.15, 0.2) is 6.29 Å². The number of nitrogens with zero attached hydrogens (tertiary/aromatic N) is 2. The molecule has 0 atom stereocenters. The summed E-state index contributed by atoms with van der Waals surface area (Å²) in [4.78, 5) is 28.2. The van der Waals surface area contributed by atoms with Crippen LogP contribution in [-0.4, -0.2) is 35.0 Å². The highest BCUT2D eigenvalue weighted by Gasteiger charge is 2.19. The molecule has 0 aliphatic carbocycles. The number of aromatic nitrogens is 2. The van der Waals surface area contributed by atoms with E-state index in [0.717, 1.165) is 12.8 Å². The van der Waals surface area contributed by atoms with Crippen molar-refractivity contribution in [2.45, 2.75) is 33.2 Å². The third-order valence-corrected chi connectivity index (χ3v) is 5.47. The number of ether oxygens (including phenoxy) is 2. The number of carbonyl (C=O) groups excluding carboxylic acids is 2. The van der Waals surface area contributed by atoms with Gasteiger partial charge in [-0.05, 0) is 52.5 Å². The van der Waals surface area contributed by atoms with E-state index in [9.17, 15) is 9.59 Å². The monoisotopic (exact) mass is 502 g/mol. The van der Waals surface area contributed by atoms with E-state index in [1.807, 2.05) is 6.92 Å². The Kier molecular flexibility index (Phi) is 8.16. The summed E-state index contributed by atoms with van der Waals surface area (Å²) in [5, 5.41) is 0. The maximum Gasteiger partial charge on any atom is 0.338 e. The molecule has 0 bridgehead atoms. The fourth-order valence-electron chi connectivity index (χ4n) is 3.23. The van der Waals surface area contributed by atoms with Gasteiger partial charge in [-0.1, -0.05) is 43.7 Å². The van der Waals surface area contributed by atoms with Crippen molar-refractivity contribution in [1.29, 1.82) is 0 Å². The lowest BCUT2D eigenvalue weighted by Crippen LogP contribution is -2.10. The molecular formula is C24H24BrFN2O4. The van der Waals surface area contributed by atoms with Gasteiger partial charge in [0.1, 0.15) is 16.1 Å². The largest absolute Gasteiger partial charge is 0.465 e. The minimum atomic E-state index is -0.472. The number of hydrogen-bond acceptors (Lipinski definition) is 5. The molecule has 2 aromatic carbocycles. The molecule has 6 nitrogen and oxygen atoms in total. The Balaban J connectivity index is 1.91. The zero-order chi connectivity index (χ0) is 23.1. The lowest BCUT2D eigenvalue weighted by molar-refractivity contribution is 0.0500. The van der Waals surface area contributed by atoms with Crippen LogP contribution >= 0.6 is 15.9 Å². The molecule has 0 radical (unpaired) electrons. The maximum atomic E-state index is 15.1. The van der Waals surface area contributed by atoms with Crippen molar-refractivity contribution < 1.29 is 23.5 Å². The molecule has 1 heterocycles. The molecule has 32 heavy (non-hydrogen) atoms. The average Bonchev–Trinajstić information content (AvgIpc) is 3.09. The number of aldehydes is 1. The van der Waals surface area contributed by atoms with Gasteiger partial charge in [0.05, 0.1) is 25.3 Å². The first kappa shape index (κ1) is 23.7. The molecule has 0 unspecified atom stereocenters. The lowest BCUT2D eigenvalue weighted by Gasteiger charge is -2.13. The molecule has 8 heteroatoms. The van der Waals surface area contributed by atoms with Crippen LogP contribution < -0.4 is 4.74 Å². The molecule has 0 N–H and O–H groups in total. The third-order valence-electron chi connectivity index (χ3n) is 4.88. The maximum absolute atomic E-state index is 15.1. The summed E-state index contributed by atoms with van der Waals surface area (Å²) >= 11 is 3.24. The van der Waals surface area contributed by atoms with Gasteiger partial charge in [0.2, 0.25) is 0 Å². The van der Waals surface area contributed by atoms with Gasteiger partial charge in [0.25, 0.3) is 6.01 Å². The number of esters is 1. The van der Waals surface area contributed by atoms with E-state index >= 15 is 4.39 Å². The summed E-state index contributed by atoms with van der Waals surface area (Å²) in [6, 6.07) is 11.9. The van der Waals surface area contributed by atoms with Crippen LogP contribution in [0.4, 0.5) is 4.39 Å². The van der Waals surface area contributed by atoms with E-state index in [1.54, 1.807) is 43.3 Å². The number of halogens is 2. The van der Waals surface area contributed by atoms with E-state index in [-0.39, 0.29) is 18.2 Å². The van der Waals surface area contributed by atoms with Gasteiger partial charge in [-0.2, -0.15) is 4.98 Å². The van der Waals surface area contributed by atoms with Crippen molar-refractivity contribution >= 4 is 28.2 Å². The Hall–Kier alpha value is -3.00. The van der Waals surface area contributed by atoms with Crippen LogP contribution in [0.5, 0.6) is 6.01 Å². The van der Waals surface area contributed by atoms with Crippen molar-refractivity contribution in [3.05, 3.63) is 69.7 Å². The van der Waals surface area contributed by atoms with Gasteiger partial charge >= 0.3 is 5.97 Å². The summed E-state index contributed by atoms with van der Waals surface area (Å²) < 4.78 is 27.7. The third kappa shape index (κ3) is 5.24. The minimum absolute atomic E-state index is 0.0643. The normalized spacial score (nSPS) is 10.8. The van der Waals surface area contributed by atoms with Crippen molar-refractivity contribution in [3.63, 3.8) is 0 Å². The van der Waals surface area contributed by atoms with Gasteiger partial charge in [0, 0.05) is 5.56 Å². The van der Waals surface area contributed by atoms with E-state index in [1.165, 1.54) is 10.6 Å². The minimum Gasteiger partial charge on any atom is -0.465 e. The lowest BCUT2D eigenvalue weighted by atomic mass is 9.98. The molecule has 0 spiro atoms. The van der Waals surface area contributed by atoms with Crippen LogP contribution in [0.25, 0.3) is 11.1 Å². The predicted octanol–water partition coefficient (Wildman–Crippen LogP) is 5.67. The van der Waals surface area contributed by atoms with Gasteiger partial charge in [-0.15, -0.1) is 0 Å². The van der Waals surface area contributed by atoms with Crippen LogP contribution in [0, 0.1) is 5.82 Å². The van der Waals surface area contributed by atoms with Crippen LogP contribution in [0.2, 0.25) is 0 Å². The zero-order valence-electron chi connectivity index (χ0n) is 17.9. The molecule has 0 saturated heterocycles. The van der Waals surface area contributed by atoms with Crippen LogP contribution in [-0.2, 0) is 11.3 Å². The average molecular weight is 503 g/mol. The van der Waals surface area contributed by atoms with Gasteiger partial charge in [-0.3, -0.25) is 9.36 Å². The van der Waals surface area contributed by atoms with Crippen molar-refractivity contribution in [2.75, 3.05) is 13.2 Å². The number of rotatable bonds is 10. The number of carbonyl (C=O) groups is 2. The molecule has 1 aromatic heterocycles. The highest BCUT2D eigenvalue weighted by Crippen LogP contribution is 2.28.